The molecule has 5 nitrogen and oxygen atoms in total. The summed E-state index contributed by atoms with van der Waals surface area (Å²) in [6.45, 7) is 0.285. The number of aromatic nitrogens is 1. The molecule has 0 saturated heterocycles. The van der Waals surface area contributed by atoms with E-state index < -0.39 is 5.82 Å². The van der Waals surface area contributed by atoms with Gasteiger partial charge in [-0.1, -0.05) is 17.8 Å². The first-order valence-electron chi connectivity index (χ1n) is 9.27. The van der Waals surface area contributed by atoms with E-state index in [-0.39, 0.29) is 29.3 Å². The number of methoxy groups -OCH3 is 1. The number of rotatable bonds is 6. The number of H-pyrrole nitrogens is 1. The molecular weight excluding hydrogens is 379 g/mol. The van der Waals surface area contributed by atoms with Gasteiger partial charge in [0.05, 0.1) is 7.11 Å². The Bertz CT molecular complexity index is 1000. The smallest absolute Gasteiger partial charge is 0.261 e. The molecule has 1 amide bonds. The van der Waals surface area contributed by atoms with E-state index in [1.54, 1.807) is 29.7 Å². The van der Waals surface area contributed by atoms with E-state index >= 15 is 0 Å². The molecule has 2 aliphatic carbocycles. The van der Waals surface area contributed by atoms with E-state index in [0.717, 1.165) is 35.4 Å². The summed E-state index contributed by atoms with van der Waals surface area (Å²) in [5.41, 5.74) is 2.01. The highest BCUT2D eigenvalue weighted by Gasteiger charge is 2.38. The van der Waals surface area contributed by atoms with Gasteiger partial charge >= 0.3 is 0 Å². The first kappa shape index (κ1) is 18.8. The number of fused-ring (bicyclic) bond motifs is 5. The van der Waals surface area contributed by atoms with Gasteiger partial charge in [-0.25, -0.2) is 4.39 Å². The highest BCUT2D eigenvalue weighted by atomic mass is 32.2. The lowest BCUT2D eigenvalue weighted by molar-refractivity contribution is 0.0956. The van der Waals surface area contributed by atoms with Crippen molar-refractivity contribution in [2.24, 2.45) is 0 Å². The van der Waals surface area contributed by atoms with Crippen LogP contribution >= 0.6 is 11.8 Å². The minimum atomic E-state index is -0.418. The molecule has 2 unspecified atom stereocenters. The number of halogens is 1. The third-order valence-corrected chi connectivity index (χ3v) is 6.29. The summed E-state index contributed by atoms with van der Waals surface area (Å²) in [7, 11) is 1.42. The molecule has 0 aliphatic heterocycles. The molecule has 1 saturated carbocycles. The molecule has 2 aliphatic rings. The van der Waals surface area contributed by atoms with Crippen molar-refractivity contribution in [2.45, 2.75) is 36.0 Å². The van der Waals surface area contributed by atoms with Crippen LogP contribution in [0.5, 0.6) is 5.75 Å². The van der Waals surface area contributed by atoms with Crippen molar-refractivity contribution in [3.8, 4) is 5.75 Å². The molecule has 2 N–H and O–H groups in total. The Kier molecular flexibility index (Phi) is 5.26. The fraction of sp³-hybridized carbons (Fsp3) is 0.333. The van der Waals surface area contributed by atoms with E-state index in [0.29, 0.717) is 11.8 Å². The summed E-state index contributed by atoms with van der Waals surface area (Å²) in [6, 6.07) is 6.49. The molecule has 0 spiro atoms. The fourth-order valence-electron chi connectivity index (χ4n) is 4.07. The van der Waals surface area contributed by atoms with Gasteiger partial charge in [-0.15, -0.1) is 0 Å². The number of thioether (sulfide) groups is 1. The van der Waals surface area contributed by atoms with Crippen LogP contribution in [-0.4, -0.2) is 24.5 Å². The lowest BCUT2D eigenvalue weighted by Crippen LogP contribution is -2.30. The Morgan fingerprint density at radius 1 is 1.36 bits per heavy atom. The zero-order chi connectivity index (χ0) is 19.7. The second-order valence-corrected chi connectivity index (χ2v) is 8.06. The normalized spacial score (nSPS) is 19.8. The van der Waals surface area contributed by atoms with Crippen molar-refractivity contribution in [2.75, 3.05) is 13.7 Å². The standard InChI is InChI=1S/C21H21FN2O3S/c1-27-18-6-5-14(10-17(18)22)28-8-2-7-23-20(25)16-11-15-12-3-4-13(9-12)19(15)24-21(16)26/h2,5-6,8,10-13H,3-4,7,9H2,1H3,(H,23,25)(H,24,26)/b8-2+. The average molecular weight is 400 g/mol. The third kappa shape index (κ3) is 3.58. The van der Waals surface area contributed by atoms with Gasteiger partial charge in [0, 0.05) is 17.1 Å². The Balaban J connectivity index is 1.34. The van der Waals surface area contributed by atoms with Gasteiger partial charge in [0.25, 0.3) is 11.5 Å². The highest BCUT2D eigenvalue weighted by molar-refractivity contribution is 8.02. The summed E-state index contributed by atoms with van der Waals surface area (Å²) < 4.78 is 18.5. The minimum absolute atomic E-state index is 0.171. The molecule has 1 heterocycles. The van der Waals surface area contributed by atoms with E-state index in [4.69, 9.17) is 4.74 Å². The lowest BCUT2D eigenvalue weighted by Gasteiger charge is -2.15. The topological polar surface area (TPSA) is 71.2 Å². The van der Waals surface area contributed by atoms with Crippen LogP contribution in [0.3, 0.4) is 0 Å². The van der Waals surface area contributed by atoms with Crippen LogP contribution in [0, 0.1) is 5.82 Å². The van der Waals surface area contributed by atoms with Crippen LogP contribution in [0.1, 0.15) is 52.7 Å². The number of hydrogen-bond donors (Lipinski definition) is 2. The summed E-state index contributed by atoms with van der Waals surface area (Å²) in [5, 5.41) is 4.51. The number of nitrogens with one attached hydrogen (secondary N) is 2. The summed E-state index contributed by atoms with van der Waals surface area (Å²) in [6.07, 6.45) is 5.10. The fourth-order valence-corrected chi connectivity index (χ4v) is 4.74. The Hall–Kier alpha value is -2.54. The van der Waals surface area contributed by atoms with Crippen molar-refractivity contribution in [3.63, 3.8) is 0 Å². The van der Waals surface area contributed by atoms with Crippen molar-refractivity contribution >= 4 is 17.7 Å². The van der Waals surface area contributed by atoms with E-state index in [2.05, 4.69) is 10.3 Å². The first-order valence-corrected chi connectivity index (χ1v) is 10.1. The summed E-state index contributed by atoms with van der Waals surface area (Å²) in [5.74, 6) is 0.334. The molecule has 0 radical (unpaired) electrons. The largest absolute Gasteiger partial charge is 0.494 e. The molecule has 1 aromatic heterocycles. The zero-order valence-electron chi connectivity index (χ0n) is 15.5. The number of aromatic amines is 1. The molecule has 2 aromatic rings. The van der Waals surface area contributed by atoms with E-state index in [1.165, 1.54) is 24.9 Å². The third-order valence-electron chi connectivity index (χ3n) is 5.43. The van der Waals surface area contributed by atoms with Crippen LogP contribution in [0.25, 0.3) is 0 Å². The molecular formula is C21H21FN2O3S. The number of pyridine rings is 1. The van der Waals surface area contributed by atoms with Gasteiger partial charge in [-0.3, -0.25) is 9.59 Å². The highest BCUT2D eigenvalue weighted by Crippen LogP contribution is 2.51. The molecule has 28 heavy (non-hydrogen) atoms. The molecule has 2 bridgehead atoms. The van der Waals surface area contributed by atoms with E-state index in [1.807, 2.05) is 0 Å². The molecule has 1 aromatic carbocycles. The number of carbonyl (C=O) groups is 1. The number of hydrogen-bond acceptors (Lipinski definition) is 4. The van der Waals surface area contributed by atoms with Crippen molar-refractivity contribution < 1.29 is 13.9 Å². The van der Waals surface area contributed by atoms with Crippen molar-refractivity contribution in [1.29, 1.82) is 0 Å². The van der Waals surface area contributed by atoms with Crippen LogP contribution in [0.15, 0.2) is 45.4 Å². The summed E-state index contributed by atoms with van der Waals surface area (Å²) in [4.78, 5) is 28.3. The Morgan fingerprint density at radius 3 is 2.96 bits per heavy atom. The molecule has 2 atom stereocenters. The molecule has 7 heteroatoms. The van der Waals surface area contributed by atoms with Crippen LogP contribution in [0.4, 0.5) is 4.39 Å². The molecule has 4 rings (SSSR count). The second-order valence-electron chi connectivity index (χ2n) is 7.08. The maximum absolute atomic E-state index is 13.7. The maximum Gasteiger partial charge on any atom is 0.261 e. The monoisotopic (exact) mass is 400 g/mol. The number of carbonyl (C=O) groups excluding carboxylic acids is 1. The summed E-state index contributed by atoms with van der Waals surface area (Å²) >= 11 is 1.33. The molecule has 146 valence electrons. The maximum atomic E-state index is 13.7. The van der Waals surface area contributed by atoms with Crippen LogP contribution in [0.2, 0.25) is 0 Å². The van der Waals surface area contributed by atoms with Gasteiger partial charge in [0.1, 0.15) is 5.56 Å². The van der Waals surface area contributed by atoms with E-state index in [9.17, 15) is 14.0 Å². The zero-order valence-corrected chi connectivity index (χ0v) is 16.3. The molecule has 1 fully saturated rings. The van der Waals surface area contributed by atoms with Gasteiger partial charge in [-0.2, -0.15) is 0 Å². The lowest BCUT2D eigenvalue weighted by atomic mass is 9.95. The van der Waals surface area contributed by atoms with Crippen LogP contribution in [-0.2, 0) is 0 Å². The Labute approximate surface area is 166 Å². The SMILES string of the molecule is COc1ccc(S/C=C/CNC(=O)c2cc3c([nH]c2=O)C2CCC3C2)cc1F. The Morgan fingerprint density at radius 2 is 2.18 bits per heavy atom. The second kappa shape index (κ2) is 7.83. The predicted molar refractivity (Wildman–Crippen MR) is 107 cm³/mol. The van der Waals surface area contributed by atoms with Crippen molar-refractivity contribution in [3.05, 3.63) is 68.7 Å². The van der Waals surface area contributed by atoms with Gasteiger partial charge in [-0.05, 0) is 66.3 Å². The quantitative estimate of drug-likeness (QED) is 0.721. The van der Waals surface area contributed by atoms with Crippen molar-refractivity contribution in [1.82, 2.24) is 10.3 Å². The van der Waals surface area contributed by atoms with Gasteiger partial charge in [0.2, 0.25) is 0 Å². The predicted octanol–water partition coefficient (Wildman–Crippen LogP) is 3.92. The van der Waals surface area contributed by atoms with Crippen LogP contribution < -0.4 is 15.6 Å². The van der Waals surface area contributed by atoms with Gasteiger partial charge in [0.15, 0.2) is 11.6 Å². The minimum Gasteiger partial charge on any atom is -0.494 e. The average Bonchev–Trinajstić information content (AvgIpc) is 3.29. The first-order chi connectivity index (χ1) is 13.6. The van der Waals surface area contributed by atoms with Gasteiger partial charge < -0.3 is 15.0 Å². The number of benzene rings is 1. The number of ether oxygens (including phenoxy) is 1. The number of amides is 1.